The molecule has 134 valence electrons. The zero-order valence-corrected chi connectivity index (χ0v) is 17.3. The summed E-state index contributed by atoms with van der Waals surface area (Å²) in [6, 6.07) is -1.44. The van der Waals surface area contributed by atoms with Crippen molar-refractivity contribution in [1.82, 2.24) is 30.4 Å². The SMILES string of the molecule is O=C(Cn1cnnn1)N[C@H]1C(=O)N2C(C(=O)[O-])=C(CO)CS(=O)(=O)[C@@H]12.[K+]. The number of carboxylic acid groups (broad SMARTS) is 1. The van der Waals surface area contributed by atoms with Gasteiger partial charge in [-0.15, -0.1) is 5.10 Å². The van der Waals surface area contributed by atoms with E-state index in [0.717, 1.165) is 11.0 Å². The third-order valence-corrected chi connectivity index (χ3v) is 5.73. The van der Waals surface area contributed by atoms with Gasteiger partial charge in [0.05, 0.1) is 24.0 Å². The molecule has 2 aliphatic rings. The molecule has 1 saturated heterocycles. The van der Waals surface area contributed by atoms with Crippen LogP contribution < -0.4 is 61.8 Å². The first-order valence-corrected chi connectivity index (χ1v) is 8.57. The third kappa shape index (κ3) is 3.60. The van der Waals surface area contributed by atoms with Crippen LogP contribution in [0, 0.1) is 0 Å². The Morgan fingerprint density at radius 1 is 1.42 bits per heavy atom. The van der Waals surface area contributed by atoms with E-state index in [4.69, 9.17) is 5.11 Å². The van der Waals surface area contributed by atoms with E-state index < -0.39 is 57.1 Å². The molecule has 0 radical (unpaired) electrons. The van der Waals surface area contributed by atoms with Crippen LogP contribution in [0.2, 0.25) is 0 Å². The Kier molecular flexibility index (Phi) is 6.31. The van der Waals surface area contributed by atoms with Gasteiger partial charge < -0.3 is 20.3 Å². The minimum Gasteiger partial charge on any atom is -0.543 e. The molecule has 2 N–H and O–H groups in total. The zero-order chi connectivity index (χ0) is 18.4. The number of hydrogen-bond acceptors (Lipinski definition) is 10. The molecule has 2 atom stereocenters. The van der Waals surface area contributed by atoms with Crippen molar-refractivity contribution in [2.45, 2.75) is 18.0 Å². The second kappa shape index (κ2) is 7.79. The fraction of sp³-hybridized carbons (Fsp3) is 0.455. The number of carbonyl (C=O) groups is 3. The van der Waals surface area contributed by atoms with Crippen molar-refractivity contribution < 1.29 is 84.4 Å². The van der Waals surface area contributed by atoms with Gasteiger partial charge in [-0.05, 0) is 16.0 Å². The number of rotatable bonds is 5. The first kappa shape index (κ1) is 21.1. The zero-order valence-electron chi connectivity index (χ0n) is 13.4. The summed E-state index contributed by atoms with van der Waals surface area (Å²) >= 11 is 0. The number of β-lactam (4-membered cyclic amide) rings is 1. The molecule has 0 unspecified atom stereocenters. The van der Waals surface area contributed by atoms with Crippen molar-refractivity contribution in [3.05, 3.63) is 17.6 Å². The van der Waals surface area contributed by atoms with Crippen molar-refractivity contribution in [3.8, 4) is 0 Å². The number of carboxylic acids is 1. The summed E-state index contributed by atoms with van der Waals surface area (Å²) in [5.74, 6) is -4.19. The summed E-state index contributed by atoms with van der Waals surface area (Å²) in [5, 5.41) is 31.1. The van der Waals surface area contributed by atoms with Gasteiger partial charge >= 0.3 is 51.4 Å². The second-order valence-electron chi connectivity index (χ2n) is 5.36. The monoisotopic (exact) mass is 410 g/mol. The van der Waals surface area contributed by atoms with Crippen molar-refractivity contribution >= 4 is 27.6 Å². The fourth-order valence-electron chi connectivity index (χ4n) is 2.75. The van der Waals surface area contributed by atoms with E-state index in [1.807, 2.05) is 0 Å². The second-order valence-corrected chi connectivity index (χ2v) is 7.45. The van der Waals surface area contributed by atoms with Crippen LogP contribution in [0.1, 0.15) is 0 Å². The Balaban J connectivity index is 0.00000243. The fourth-order valence-corrected chi connectivity index (χ4v) is 4.77. The van der Waals surface area contributed by atoms with Gasteiger partial charge in [0.25, 0.3) is 5.91 Å². The van der Waals surface area contributed by atoms with Crippen LogP contribution in [0.5, 0.6) is 0 Å². The molecule has 3 heterocycles. The Bertz CT molecular complexity index is 883. The molecule has 1 aromatic heterocycles. The molecule has 15 heteroatoms. The molecule has 13 nitrogen and oxygen atoms in total. The average molecular weight is 410 g/mol. The molecular weight excluding hydrogens is 399 g/mol. The molecule has 0 aliphatic carbocycles. The van der Waals surface area contributed by atoms with E-state index in [1.54, 1.807) is 0 Å². The summed E-state index contributed by atoms with van der Waals surface area (Å²) in [7, 11) is -4.01. The number of fused-ring (bicyclic) bond motifs is 1. The maximum atomic E-state index is 12.3. The molecule has 1 aromatic rings. The minimum atomic E-state index is -4.01. The van der Waals surface area contributed by atoms with Gasteiger partial charge in [-0.2, -0.15) is 0 Å². The number of aromatic nitrogens is 4. The number of hydrogen-bond donors (Lipinski definition) is 2. The number of amides is 2. The molecule has 0 aromatic carbocycles. The van der Waals surface area contributed by atoms with Gasteiger partial charge in [-0.1, -0.05) is 0 Å². The molecule has 2 amide bonds. The summed E-state index contributed by atoms with van der Waals surface area (Å²) in [6.45, 7) is -1.20. The van der Waals surface area contributed by atoms with E-state index >= 15 is 0 Å². The average Bonchev–Trinajstić information content (AvgIpc) is 3.03. The smallest absolute Gasteiger partial charge is 0.543 e. The van der Waals surface area contributed by atoms with Crippen LogP contribution in [0.4, 0.5) is 0 Å². The van der Waals surface area contributed by atoms with Crippen molar-refractivity contribution in [2.75, 3.05) is 12.4 Å². The van der Waals surface area contributed by atoms with Gasteiger partial charge in [0.2, 0.25) is 5.91 Å². The van der Waals surface area contributed by atoms with Gasteiger partial charge in [0.1, 0.15) is 18.9 Å². The maximum absolute atomic E-state index is 12.3. The minimum absolute atomic E-state index is 0. The van der Waals surface area contributed by atoms with Gasteiger partial charge in [-0.25, -0.2) is 13.1 Å². The number of aliphatic carboxylic acids is 1. The topological polar surface area (TPSA) is 188 Å². The summed E-state index contributed by atoms with van der Waals surface area (Å²) in [6.07, 6.45) is 1.15. The standard InChI is InChI=1S/C11H12N6O7S.K/c18-2-5-3-25(23,24)10-7(9(20)17(10)8(5)11(21)22)13-6(19)1-16-4-12-14-15-16;/h4,7,10,18H,1-3H2,(H,13,19)(H,21,22);/q;+1/p-1/t7-,10-;/m0./s1. The molecule has 0 saturated carbocycles. The molecule has 26 heavy (non-hydrogen) atoms. The van der Waals surface area contributed by atoms with E-state index in [0.29, 0.717) is 4.90 Å². The van der Waals surface area contributed by atoms with Gasteiger partial charge in [0, 0.05) is 0 Å². The maximum Gasteiger partial charge on any atom is 1.00 e. The molecule has 2 aliphatic heterocycles. The Morgan fingerprint density at radius 3 is 2.65 bits per heavy atom. The number of carbonyl (C=O) groups excluding carboxylic acids is 3. The Hall–Kier alpha value is -1.23. The molecule has 0 spiro atoms. The molecular formula is C11H11KN6O7S. The van der Waals surface area contributed by atoms with Crippen molar-refractivity contribution in [3.63, 3.8) is 0 Å². The van der Waals surface area contributed by atoms with Crippen molar-refractivity contribution in [1.29, 1.82) is 0 Å². The van der Waals surface area contributed by atoms with E-state index in [-0.39, 0.29) is 63.5 Å². The van der Waals surface area contributed by atoms with Crippen LogP contribution in [0.15, 0.2) is 17.6 Å². The van der Waals surface area contributed by atoms with Gasteiger partial charge in [0.15, 0.2) is 15.2 Å². The number of sulfone groups is 1. The van der Waals surface area contributed by atoms with Gasteiger partial charge in [-0.3, -0.25) is 14.5 Å². The summed E-state index contributed by atoms with van der Waals surface area (Å²) < 4.78 is 25.6. The predicted octanol–water partition coefficient (Wildman–Crippen LogP) is -8.25. The first-order chi connectivity index (χ1) is 11.8. The van der Waals surface area contributed by atoms with Crippen LogP contribution in [0.25, 0.3) is 0 Å². The number of aliphatic hydroxyl groups is 1. The largest absolute Gasteiger partial charge is 1.00 e. The Morgan fingerprint density at radius 2 is 2.12 bits per heavy atom. The predicted molar refractivity (Wildman–Crippen MR) is 73.3 cm³/mol. The molecule has 1 fully saturated rings. The Labute approximate surface area is 188 Å². The quantitative estimate of drug-likeness (QED) is 0.348. The van der Waals surface area contributed by atoms with Crippen LogP contribution in [-0.4, -0.2) is 80.2 Å². The van der Waals surface area contributed by atoms with Crippen LogP contribution in [0.3, 0.4) is 0 Å². The van der Waals surface area contributed by atoms with E-state index in [9.17, 15) is 27.9 Å². The number of tetrazole rings is 1. The van der Waals surface area contributed by atoms with Crippen LogP contribution >= 0.6 is 0 Å². The normalized spacial score (nSPS) is 23.6. The van der Waals surface area contributed by atoms with Crippen molar-refractivity contribution in [2.24, 2.45) is 0 Å². The third-order valence-electron chi connectivity index (χ3n) is 3.76. The number of nitrogens with one attached hydrogen (secondary N) is 1. The van der Waals surface area contributed by atoms with Crippen LogP contribution in [-0.2, 0) is 30.8 Å². The van der Waals surface area contributed by atoms with E-state index in [2.05, 4.69) is 20.8 Å². The first-order valence-electron chi connectivity index (χ1n) is 6.85. The summed E-state index contributed by atoms with van der Waals surface area (Å²) in [5.41, 5.74) is -1.03. The molecule has 0 bridgehead atoms. The van der Waals surface area contributed by atoms with E-state index in [1.165, 1.54) is 0 Å². The number of nitrogens with zero attached hydrogens (tertiary/aromatic N) is 5. The molecule has 3 rings (SSSR count). The summed E-state index contributed by atoms with van der Waals surface area (Å²) in [4.78, 5) is 35.8. The number of aliphatic hydroxyl groups excluding tert-OH is 1.